The zero-order valence-electron chi connectivity index (χ0n) is 11.8. The Balaban J connectivity index is 2.26. The van der Waals surface area contributed by atoms with E-state index in [1.807, 2.05) is 13.8 Å². The standard InChI is InChI=1S/C13H15BrFN3O2S/c1-8-11(9(2)18(3)17-8)7-16-21(19,20)13-5-4-10(15)6-12(13)14/h4-6,16H,7H2,1-3H3. The van der Waals surface area contributed by atoms with Gasteiger partial charge in [-0.1, -0.05) is 0 Å². The normalized spacial score (nSPS) is 11.9. The Hall–Kier alpha value is -1.25. The van der Waals surface area contributed by atoms with Crippen LogP contribution in [-0.2, 0) is 23.6 Å². The molecule has 0 bridgehead atoms. The molecule has 114 valence electrons. The highest BCUT2D eigenvalue weighted by Crippen LogP contribution is 2.23. The third-order valence-corrected chi connectivity index (χ3v) is 5.66. The molecule has 0 spiro atoms. The summed E-state index contributed by atoms with van der Waals surface area (Å²) in [5.41, 5.74) is 2.50. The van der Waals surface area contributed by atoms with E-state index in [0.29, 0.717) is 0 Å². The predicted octanol–water partition coefficient (Wildman–Crippen LogP) is 2.42. The smallest absolute Gasteiger partial charge is 0.241 e. The Morgan fingerprint density at radius 2 is 2.05 bits per heavy atom. The van der Waals surface area contributed by atoms with Crippen LogP contribution in [0.3, 0.4) is 0 Å². The summed E-state index contributed by atoms with van der Waals surface area (Å²) in [6, 6.07) is 3.46. The molecule has 0 saturated carbocycles. The van der Waals surface area contributed by atoms with Crippen LogP contribution in [0.15, 0.2) is 27.6 Å². The van der Waals surface area contributed by atoms with Gasteiger partial charge >= 0.3 is 0 Å². The monoisotopic (exact) mass is 375 g/mol. The third-order valence-electron chi connectivity index (χ3n) is 3.28. The fraction of sp³-hybridized carbons (Fsp3) is 0.308. The Morgan fingerprint density at radius 1 is 1.38 bits per heavy atom. The molecule has 0 aliphatic carbocycles. The molecule has 2 rings (SSSR count). The number of aromatic nitrogens is 2. The van der Waals surface area contributed by atoms with Gasteiger partial charge in [0.2, 0.25) is 10.0 Å². The number of nitrogens with zero attached hydrogens (tertiary/aromatic N) is 2. The second-order valence-corrected chi connectivity index (χ2v) is 7.26. The number of sulfonamides is 1. The topological polar surface area (TPSA) is 64.0 Å². The van der Waals surface area contributed by atoms with Gasteiger partial charge in [-0.05, 0) is 48.0 Å². The third kappa shape index (κ3) is 3.33. The molecule has 0 radical (unpaired) electrons. The van der Waals surface area contributed by atoms with Crippen LogP contribution in [0.4, 0.5) is 4.39 Å². The van der Waals surface area contributed by atoms with Crippen molar-refractivity contribution in [3.8, 4) is 0 Å². The second-order valence-electron chi connectivity index (χ2n) is 4.67. The van der Waals surface area contributed by atoms with Crippen molar-refractivity contribution in [2.45, 2.75) is 25.3 Å². The molecule has 5 nitrogen and oxygen atoms in total. The molecular weight excluding hydrogens is 361 g/mol. The lowest BCUT2D eigenvalue weighted by atomic mass is 10.2. The number of nitrogens with one attached hydrogen (secondary N) is 1. The van der Waals surface area contributed by atoms with E-state index in [1.165, 1.54) is 6.07 Å². The van der Waals surface area contributed by atoms with Crippen molar-refractivity contribution in [3.05, 3.63) is 45.4 Å². The summed E-state index contributed by atoms with van der Waals surface area (Å²) in [7, 11) is -1.93. The van der Waals surface area contributed by atoms with E-state index in [9.17, 15) is 12.8 Å². The van der Waals surface area contributed by atoms with Crippen molar-refractivity contribution in [1.29, 1.82) is 0 Å². The predicted molar refractivity (Wildman–Crippen MR) is 80.8 cm³/mol. The molecule has 0 unspecified atom stereocenters. The summed E-state index contributed by atoms with van der Waals surface area (Å²) in [6.45, 7) is 3.83. The fourth-order valence-electron chi connectivity index (χ4n) is 2.01. The van der Waals surface area contributed by atoms with E-state index < -0.39 is 15.8 Å². The Morgan fingerprint density at radius 3 is 2.57 bits per heavy atom. The molecule has 0 saturated heterocycles. The molecule has 2 aromatic rings. The minimum absolute atomic E-state index is 0.00287. The Labute approximate surface area is 131 Å². The van der Waals surface area contributed by atoms with E-state index in [1.54, 1.807) is 11.7 Å². The van der Waals surface area contributed by atoms with Crippen LogP contribution in [0, 0.1) is 19.7 Å². The number of aryl methyl sites for hydroxylation is 2. The van der Waals surface area contributed by atoms with Crippen LogP contribution < -0.4 is 4.72 Å². The number of benzene rings is 1. The van der Waals surface area contributed by atoms with E-state index in [0.717, 1.165) is 29.1 Å². The van der Waals surface area contributed by atoms with Gasteiger partial charge in [0.1, 0.15) is 5.82 Å². The number of hydrogen-bond acceptors (Lipinski definition) is 3. The van der Waals surface area contributed by atoms with Crippen LogP contribution in [0.1, 0.15) is 17.0 Å². The lowest BCUT2D eigenvalue weighted by molar-refractivity contribution is 0.579. The van der Waals surface area contributed by atoms with E-state index >= 15 is 0 Å². The van der Waals surface area contributed by atoms with Gasteiger partial charge in [-0.15, -0.1) is 0 Å². The minimum atomic E-state index is -3.73. The highest BCUT2D eigenvalue weighted by molar-refractivity contribution is 9.10. The summed E-state index contributed by atoms with van der Waals surface area (Å²) in [4.78, 5) is 0.00287. The lowest BCUT2D eigenvalue weighted by Gasteiger charge is -2.09. The van der Waals surface area contributed by atoms with Gasteiger partial charge in [-0.2, -0.15) is 5.10 Å². The molecule has 0 fully saturated rings. The average molecular weight is 376 g/mol. The molecule has 1 heterocycles. The van der Waals surface area contributed by atoms with Crippen LogP contribution in [0.5, 0.6) is 0 Å². The molecule has 0 aliphatic heterocycles. The molecule has 1 aromatic heterocycles. The molecule has 0 aliphatic rings. The van der Waals surface area contributed by atoms with E-state index in [2.05, 4.69) is 25.8 Å². The molecular formula is C13H15BrFN3O2S. The zero-order valence-corrected chi connectivity index (χ0v) is 14.2. The van der Waals surface area contributed by atoms with Crippen LogP contribution in [-0.4, -0.2) is 18.2 Å². The van der Waals surface area contributed by atoms with Gasteiger partial charge in [-0.25, -0.2) is 17.5 Å². The van der Waals surface area contributed by atoms with Crippen molar-refractivity contribution in [2.24, 2.45) is 7.05 Å². The van der Waals surface area contributed by atoms with Crippen LogP contribution in [0.25, 0.3) is 0 Å². The average Bonchev–Trinajstić information content (AvgIpc) is 2.60. The Kier molecular flexibility index (Phi) is 4.50. The molecule has 1 N–H and O–H groups in total. The first kappa shape index (κ1) is 16.1. The first-order valence-corrected chi connectivity index (χ1v) is 8.44. The quantitative estimate of drug-likeness (QED) is 0.892. The second kappa shape index (κ2) is 5.86. The lowest BCUT2D eigenvalue weighted by Crippen LogP contribution is -2.24. The van der Waals surface area contributed by atoms with Gasteiger partial charge in [-0.3, -0.25) is 4.68 Å². The molecule has 0 amide bonds. The summed E-state index contributed by atoms with van der Waals surface area (Å²) in [6.07, 6.45) is 0. The summed E-state index contributed by atoms with van der Waals surface area (Å²) in [5, 5.41) is 4.24. The first-order valence-electron chi connectivity index (χ1n) is 6.16. The Bertz CT molecular complexity index is 787. The highest BCUT2D eigenvalue weighted by Gasteiger charge is 2.19. The molecule has 0 atom stereocenters. The van der Waals surface area contributed by atoms with Crippen molar-refractivity contribution in [1.82, 2.24) is 14.5 Å². The van der Waals surface area contributed by atoms with Gasteiger partial charge < -0.3 is 0 Å². The summed E-state index contributed by atoms with van der Waals surface area (Å²) < 4.78 is 42.0. The first-order chi connectivity index (χ1) is 9.72. The van der Waals surface area contributed by atoms with Crippen molar-refractivity contribution in [3.63, 3.8) is 0 Å². The van der Waals surface area contributed by atoms with Crippen molar-refractivity contribution >= 4 is 26.0 Å². The summed E-state index contributed by atoms with van der Waals surface area (Å²) >= 11 is 3.07. The maximum absolute atomic E-state index is 13.0. The SMILES string of the molecule is Cc1nn(C)c(C)c1CNS(=O)(=O)c1ccc(F)cc1Br. The largest absolute Gasteiger partial charge is 0.272 e. The van der Waals surface area contributed by atoms with Gasteiger partial charge in [0, 0.05) is 29.3 Å². The highest BCUT2D eigenvalue weighted by atomic mass is 79.9. The van der Waals surface area contributed by atoms with E-state index in [-0.39, 0.29) is 15.9 Å². The minimum Gasteiger partial charge on any atom is -0.272 e. The fourth-order valence-corrected chi connectivity index (χ4v) is 4.05. The maximum atomic E-state index is 13.0. The van der Waals surface area contributed by atoms with Crippen LogP contribution >= 0.6 is 15.9 Å². The zero-order chi connectivity index (χ0) is 15.8. The molecule has 1 aromatic carbocycles. The van der Waals surface area contributed by atoms with Crippen molar-refractivity contribution < 1.29 is 12.8 Å². The van der Waals surface area contributed by atoms with Gasteiger partial charge in [0.25, 0.3) is 0 Å². The van der Waals surface area contributed by atoms with Gasteiger partial charge in [0.05, 0.1) is 10.6 Å². The van der Waals surface area contributed by atoms with Crippen LogP contribution in [0.2, 0.25) is 0 Å². The molecule has 21 heavy (non-hydrogen) atoms. The van der Waals surface area contributed by atoms with Gasteiger partial charge in [0.15, 0.2) is 0 Å². The number of halogens is 2. The number of hydrogen-bond donors (Lipinski definition) is 1. The van der Waals surface area contributed by atoms with E-state index in [4.69, 9.17) is 0 Å². The summed E-state index contributed by atoms with van der Waals surface area (Å²) in [5.74, 6) is -0.500. The van der Waals surface area contributed by atoms with Crippen molar-refractivity contribution in [2.75, 3.05) is 0 Å². The number of rotatable bonds is 4. The maximum Gasteiger partial charge on any atom is 0.241 e. The molecule has 8 heteroatoms.